The summed E-state index contributed by atoms with van der Waals surface area (Å²) in [5, 5.41) is 0. The van der Waals surface area contributed by atoms with Gasteiger partial charge in [0, 0.05) is 54.7 Å². The normalized spacial score (nSPS) is 19.9. The zero-order chi connectivity index (χ0) is 30.2. The van der Waals surface area contributed by atoms with Crippen LogP contribution in [0.2, 0.25) is 0 Å². The van der Waals surface area contributed by atoms with Gasteiger partial charge in [-0.3, -0.25) is 9.34 Å². The molecule has 0 bridgehead atoms. The lowest BCUT2D eigenvalue weighted by atomic mass is 9.91. The van der Waals surface area contributed by atoms with Crippen molar-refractivity contribution in [1.82, 2.24) is 18.7 Å². The first kappa shape index (κ1) is 36.5. The van der Waals surface area contributed by atoms with Gasteiger partial charge in [-0.1, -0.05) is 38.5 Å². The molecule has 1 unspecified atom stereocenters. The van der Waals surface area contributed by atoms with Gasteiger partial charge in [0.2, 0.25) is 0 Å². The molecule has 0 heterocycles. The summed E-state index contributed by atoms with van der Waals surface area (Å²) in [6.45, 7) is 27.5. The van der Waals surface area contributed by atoms with E-state index in [9.17, 15) is 0 Å². The second kappa shape index (κ2) is 17.0. The third-order valence-electron chi connectivity index (χ3n) is 8.41. The van der Waals surface area contributed by atoms with Gasteiger partial charge in [-0.2, -0.15) is 0 Å². The molecule has 2 rings (SSSR count). The minimum atomic E-state index is -2.44. The standard InChI is InChI=1S/C31H64N6P2S/c1-24(2)34(25(3)4)38(35(26(5)6)27(7)8)33-32-23-39(40,36(28(9)10)29(11)12)37(30-19-15-13-16-20-30)31-21-17-14-18-22-31/h24-31H,13-22H2,1-12H3. The van der Waals surface area contributed by atoms with E-state index in [1.165, 1.54) is 64.2 Å². The summed E-state index contributed by atoms with van der Waals surface area (Å²) in [5.74, 6) is 0. The van der Waals surface area contributed by atoms with Crippen molar-refractivity contribution in [2.45, 2.75) is 196 Å². The average Bonchev–Trinajstić information content (AvgIpc) is 2.84. The molecule has 2 aliphatic rings. The molecule has 2 aliphatic carbocycles. The molecule has 0 aromatic carbocycles. The van der Waals surface area contributed by atoms with E-state index in [-0.39, 0.29) is 0 Å². The monoisotopic (exact) mass is 614 g/mol. The highest BCUT2D eigenvalue weighted by Crippen LogP contribution is 2.58. The number of hydrogen-bond donors (Lipinski definition) is 0. The van der Waals surface area contributed by atoms with Crippen LogP contribution in [0.3, 0.4) is 0 Å². The molecule has 0 radical (unpaired) electrons. The largest absolute Gasteiger partial charge is 0.713 e. The molecular weight excluding hydrogens is 550 g/mol. The Labute approximate surface area is 256 Å². The molecule has 0 aromatic heterocycles. The fourth-order valence-corrected chi connectivity index (χ4v) is 14.7. The van der Waals surface area contributed by atoms with Gasteiger partial charge in [-0.05, 0) is 109 Å². The molecular formula is C31H64N6P2S. The minimum Gasteiger partial charge on any atom is -0.713 e. The lowest BCUT2D eigenvalue weighted by molar-refractivity contribution is -0.0599. The highest BCUT2D eigenvalue weighted by Gasteiger charge is 2.40. The second-order valence-corrected chi connectivity index (χ2v) is 19.1. The van der Waals surface area contributed by atoms with Crippen LogP contribution in [-0.2, 0) is 12.2 Å². The SMILES string of the molecule is CC(C)N(C(C)C)P(N=[N+]=C=P([S-])(N(C(C)C)C(C)C)N(C1CCCCC1)C1CCCCC1)N(C(C)C)C(C)C. The van der Waals surface area contributed by atoms with Crippen molar-refractivity contribution in [2.75, 3.05) is 0 Å². The smallest absolute Gasteiger partial charge is 0.344 e. The Balaban J connectivity index is 2.88. The Hall–Kier alpha value is 0.340. The Morgan fingerprint density at radius 1 is 0.625 bits per heavy atom. The summed E-state index contributed by atoms with van der Waals surface area (Å²) in [6.07, 6.45) is 10.6. The zero-order valence-electron chi connectivity index (χ0n) is 28.2. The average molecular weight is 615 g/mol. The fraction of sp³-hybridized carbons (Fsp3) is 0.968. The van der Waals surface area contributed by atoms with Gasteiger partial charge >= 0.3 is 5.59 Å². The van der Waals surface area contributed by atoms with E-state index in [4.69, 9.17) is 21.9 Å². The molecule has 0 amide bonds. The maximum Gasteiger partial charge on any atom is 0.344 e. The molecule has 234 valence electrons. The van der Waals surface area contributed by atoms with Crippen molar-refractivity contribution in [2.24, 2.45) is 4.88 Å². The van der Waals surface area contributed by atoms with Gasteiger partial charge in [0.05, 0.1) is 0 Å². The van der Waals surface area contributed by atoms with Gasteiger partial charge in [0.25, 0.3) is 8.37 Å². The van der Waals surface area contributed by atoms with Crippen molar-refractivity contribution in [3.8, 4) is 0 Å². The molecule has 1 atom stereocenters. The predicted molar refractivity (Wildman–Crippen MR) is 181 cm³/mol. The molecule has 0 aromatic rings. The van der Waals surface area contributed by atoms with E-state index < -0.39 is 14.8 Å². The number of rotatable bonds is 13. The first-order valence-electron chi connectivity index (χ1n) is 16.5. The van der Waals surface area contributed by atoms with Crippen LogP contribution in [0.1, 0.15) is 147 Å². The van der Waals surface area contributed by atoms with Gasteiger partial charge in [0.15, 0.2) is 0 Å². The van der Waals surface area contributed by atoms with Crippen LogP contribution in [0.25, 0.3) is 0 Å². The molecule has 2 saturated carbocycles. The third-order valence-corrected chi connectivity index (χ3v) is 15.9. The Morgan fingerprint density at radius 3 is 1.27 bits per heavy atom. The van der Waals surface area contributed by atoms with Crippen molar-refractivity contribution < 1.29 is 4.79 Å². The van der Waals surface area contributed by atoms with Gasteiger partial charge < -0.3 is 12.2 Å². The molecule has 40 heavy (non-hydrogen) atoms. The molecule has 6 nitrogen and oxygen atoms in total. The summed E-state index contributed by atoms with van der Waals surface area (Å²) in [6, 6.07) is 3.23. The zero-order valence-corrected chi connectivity index (χ0v) is 30.8. The summed E-state index contributed by atoms with van der Waals surface area (Å²) < 4.78 is 10.5. The van der Waals surface area contributed by atoms with Crippen LogP contribution >= 0.6 is 14.8 Å². The molecule has 0 N–H and O–H groups in total. The third kappa shape index (κ3) is 9.42. The van der Waals surface area contributed by atoms with Crippen LogP contribution in [0.15, 0.2) is 4.88 Å². The Morgan fingerprint density at radius 2 is 0.975 bits per heavy atom. The van der Waals surface area contributed by atoms with Crippen molar-refractivity contribution in [3.63, 3.8) is 0 Å². The van der Waals surface area contributed by atoms with Crippen LogP contribution in [0, 0.1) is 0 Å². The van der Waals surface area contributed by atoms with Crippen LogP contribution in [0.5, 0.6) is 0 Å². The predicted octanol–water partition coefficient (Wildman–Crippen LogP) is 9.41. The first-order chi connectivity index (χ1) is 18.7. The van der Waals surface area contributed by atoms with Crippen LogP contribution in [0.4, 0.5) is 0 Å². The number of nitrogens with zero attached hydrogens (tertiary/aromatic N) is 6. The molecule has 0 aliphatic heterocycles. The molecule has 9 heteroatoms. The maximum absolute atomic E-state index is 6.93. The van der Waals surface area contributed by atoms with Crippen molar-refractivity contribution in [3.05, 3.63) is 0 Å². The highest BCUT2D eigenvalue weighted by molar-refractivity contribution is 8.38. The topological polar surface area (TPSA) is 39.4 Å². The van der Waals surface area contributed by atoms with E-state index >= 15 is 0 Å². The van der Waals surface area contributed by atoms with Gasteiger partial charge in [-0.15, -0.1) is 0 Å². The lowest BCUT2D eigenvalue weighted by Gasteiger charge is -2.56. The summed E-state index contributed by atoms with van der Waals surface area (Å²) in [5.41, 5.74) is 3.75. The summed E-state index contributed by atoms with van der Waals surface area (Å²) in [4.78, 5) is 10.2. The summed E-state index contributed by atoms with van der Waals surface area (Å²) in [7, 11) is -1.000. The Kier molecular flexibility index (Phi) is 15.5. The van der Waals surface area contributed by atoms with Gasteiger partial charge in [-0.25, -0.2) is 9.34 Å². The van der Waals surface area contributed by atoms with E-state index in [2.05, 4.69) is 107 Å². The molecule has 0 spiro atoms. The summed E-state index contributed by atoms with van der Waals surface area (Å²) >= 11 is 6.93. The minimum absolute atomic E-state index is 0.329. The van der Waals surface area contributed by atoms with Gasteiger partial charge in [0.1, 0.15) is 9.67 Å². The van der Waals surface area contributed by atoms with Crippen LogP contribution in [-0.4, -0.2) is 77.4 Å². The second-order valence-electron chi connectivity index (χ2n) is 13.8. The lowest BCUT2D eigenvalue weighted by Crippen LogP contribution is -2.48. The van der Waals surface area contributed by atoms with Crippen molar-refractivity contribution in [1.29, 1.82) is 0 Å². The van der Waals surface area contributed by atoms with E-state index in [1.54, 1.807) is 0 Å². The first-order valence-corrected chi connectivity index (χ1v) is 20.4. The Bertz CT molecular complexity index is 805. The van der Waals surface area contributed by atoms with E-state index in [0.29, 0.717) is 48.3 Å². The van der Waals surface area contributed by atoms with Crippen LogP contribution < -0.4 is 0 Å². The molecule has 0 saturated heterocycles. The van der Waals surface area contributed by atoms with Crippen molar-refractivity contribution >= 4 is 32.6 Å². The number of hydrogen-bond acceptors (Lipinski definition) is 6. The highest BCUT2D eigenvalue weighted by atomic mass is 32.7. The fourth-order valence-electron chi connectivity index (χ4n) is 7.23. The molecule has 2 fully saturated rings. The van der Waals surface area contributed by atoms with E-state index in [1.807, 2.05) is 0 Å². The quantitative estimate of drug-likeness (QED) is 0.0679. The van der Waals surface area contributed by atoms with E-state index in [0.717, 1.165) is 0 Å². The maximum atomic E-state index is 6.93.